The molecular weight excluding hydrogens is 256 g/mol. The number of benzene rings is 1. The first-order valence-electron chi connectivity index (χ1n) is 5.48. The Hall–Kier alpha value is -1.46. The van der Waals surface area contributed by atoms with Crippen LogP contribution in [-0.2, 0) is 0 Å². The first kappa shape index (κ1) is 13.0. The number of halogens is 2. The van der Waals surface area contributed by atoms with E-state index in [1.54, 1.807) is 0 Å². The van der Waals surface area contributed by atoms with Crippen molar-refractivity contribution in [1.29, 1.82) is 0 Å². The first-order valence-corrected chi connectivity index (χ1v) is 6.36. The molecule has 0 saturated heterocycles. The van der Waals surface area contributed by atoms with Crippen LogP contribution < -0.4 is 10.5 Å². The molecule has 2 nitrogen and oxygen atoms in total. The van der Waals surface area contributed by atoms with Gasteiger partial charge in [-0.3, -0.25) is 0 Å². The minimum atomic E-state index is -0.929. The van der Waals surface area contributed by atoms with Crippen molar-refractivity contribution < 1.29 is 13.5 Å². The van der Waals surface area contributed by atoms with E-state index in [0.29, 0.717) is 0 Å². The fraction of sp³-hybridized carbons (Fsp3) is 0.231. The molecule has 0 spiro atoms. The van der Waals surface area contributed by atoms with Crippen LogP contribution in [0.3, 0.4) is 0 Å². The van der Waals surface area contributed by atoms with Gasteiger partial charge in [0.05, 0.1) is 0 Å². The molecule has 18 heavy (non-hydrogen) atoms. The summed E-state index contributed by atoms with van der Waals surface area (Å²) in [6.45, 7) is 1.81. The van der Waals surface area contributed by atoms with Crippen LogP contribution in [0.2, 0.25) is 0 Å². The lowest BCUT2D eigenvalue weighted by molar-refractivity contribution is 0.183. The van der Waals surface area contributed by atoms with Crippen molar-refractivity contribution in [2.75, 3.05) is 0 Å². The third kappa shape index (κ3) is 2.86. The molecule has 96 valence electrons. The van der Waals surface area contributed by atoms with Gasteiger partial charge in [0.1, 0.15) is 11.9 Å². The predicted molar refractivity (Wildman–Crippen MR) is 67.7 cm³/mol. The van der Waals surface area contributed by atoms with Crippen molar-refractivity contribution in [3.63, 3.8) is 0 Å². The molecule has 0 aliphatic rings. The maximum atomic E-state index is 13.1. The molecule has 2 N–H and O–H groups in total. The molecule has 5 heteroatoms. The van der Waals surface area contributed by atoms with Crippen LogP contribution in [0.15, 0.2) is 35.7 Å². The topological polar surface area (TPSA) is 35.2 Å². The summed E-state index contributed by atoms with van der Waals surface area (Å²) < 4.78 is 31.5. The summed E-state index contributed by atoms with van der Waals surface area (Å²) in [5, 5.41) is 1.92. The van der Waals surface area contributed by atoms with Gasteiger partial charge in [0.2, 0.25) is 0 Å². The van der Waals surface area contributed by atoms with E-state index < -0.39 is 11.6 Å². The van der Waals surface area contributed by atoms with Crippen LogP contribution in [0.5, 0.6) is 5.75 Å². The van der Waals surface area contributed by atoms with Gasteiger partial charge < -0.3 is 10.5 Å². The molecule has 0 amide bonds. The van der Waals surface area contributed by atoms with Gasteiger partial charge in [0.15, 0.2) is 11.6 Å². The van der Waals surface area contributed by atoms with Crippen LogP contribution in [0.1, 0.15) is 17.9 Å². The molecule has 1 aromatic carbocycles. The lowest BCUT2D eigenvalue weighted by atomic mass is 10.1. The fourth-order valence-corrected chi connectivity index (χ4v) is 2.44. The van der Waals surface area contributed by atoms with Gasteiger partial charge in [0.25, 0.3) is 0 Å². The van der Waals surface area contributed by atoms with E-state index in [1.165, 1.54) is 17.4 Å². The van der Waals surface area contributed by atoms with Crippen LogP contribution in [0.25, 0.3) is 0 Å². The van der Waals surface area contributed by atoms with E-state index in [-0.39, 0.29) is 17.9 Å². The molecule has 0 saturated carbocycles. The quantitative estimate of drug-likeness (QED) is 0.922. The zero-order valence-corrected chi connectivity index (χ0v) is 10.6. The summed E-state index contributed by atoms with van der Waals surface area (Å²) in [6.07, 6.45) is -0.366. The van der Waals surface area contributed by atoms with Crippen LogP contribution >= 0.6 is 11.3 Å². The van der Waals surface area contributed by atoms with Crippen LogP contribution in [0.4, 0.5) is 8.78 Å². The number of rotatable bonds is 4. The molecule has 0 aliphatic heterocycles. The maximum Gasteiger partial charge on any atom is 0.162 e. The lowest BCUT2D eigenvalue weighted by Crippen LogP contribution is -2.28. The first-order chi connectivity index (χ1) is 8.58. The van der Waals surface area contributed by atoms with Crippen molar-refractivity contribution in [2.24, 2.45) is 5.73 Å². The van der Waals surface area contributed by atoms with Crippen molar-refractivity contribution in [3.05, 3.63) is 52.2 Å². The maximum absolute atomic E-state index is 13.1. The highest BCUT2D eigenvalue weighted by atomic mass is 32.1. The molecule has 0 bridgehead atoms. The van der Waals surface area contributed by atoms with Crippen molar-refractivity contribution in [1.82, 2.24) is 0 Å². The predicted octanol–water partition coefficient (Wildman–Crippen LogP) is 3.49. The standard InChI is InChI=1S/C13H13F2NOS/c1-8(16)13(12-3-2-6-18-12)17-9-4-5-10(14)11(15)7-9/h2-8,13H,16H2,1H3. The van der Waals surface area contributed by atoms with Crippen molar-refractivity contribution >= 4 is 11.3 Å². The second-order valence-electron chi connectivity index (χ2n) is 3.99. The van der Waals surface area contributed by atoms with E-state index in [9.17, 15) is 8.78 Å². The molecule has 2 atom stereocenters. The number of hydrogen-bond donors (Lipinski definition) is 1. The summed E-state index contributed by atoms with van der Waals surface area (Å²) in [5.41, 5.74) is 5.86. The Labute approximate surface area is 108 Å². The van der Waals surface area contributed by atoms with Crippen LogP contribution in [-0.4, -0.2) is 6.04 Å². The molecular formula is C13H13F2NOS. The second-order valence-corrected chi connectivity index (χ2v) is 4.97. The average molecular weight is 269 g/mol. The number of hydrogen-bond acceptors (Lipinski definition) is 3. The Kier molecular flexibility index (Phi) is 3.93. The van der Waals surface area contributed by atoms with E-state index in [4.69, 9.17) is 10.5 Å². The van der Waals surface area contributed by atoms with E-state index in [0.717, 1.165) is 17.0 Å². The monoisotopic (exact) mass is 269 g/mol. The Balaban J connectivity index is 2.21. The van der Waals surface area contributed by atoms with Crippen molar-refractivity contribution in [2.45, 2.75) is 19.1 Å². The normalized spacial score (nSPS) is 14.2. The van der Waals surface area contributed by atoms with Gasteiger partial charge >= 0.3 is 0 Å². The minimum Gasteiger partial charge on any atom is -0.483 e. The highest BCUT2D eigenvalue weighted by Gasteiger charge is 2.19. The molecule has 2 unspecified atom stereocenters. The molecule has 2 aromatic rings. The van der Waals surface area contributed by atoms with Gasteiger partial charge in [-0.2, -0.15) is 0 Å². The second kappa shape index (κ2) is 5.46. The van der Waals surface area contributed by atoms with Crippen molar-refractivity contribution in [3.8, 4) is 5.75 Å². The van der Waals surface area contributed by atoms with Gasteiger partial charge in [-0.05, 0) is 30.5 Å². The van der Waals surface area contributed by atoms with Gasteiger partial charge in [0, 0.05) is 17.0 Å². The lowest BCUT2D eigenvalue weighted by Gasteiger charge is -2.21. The zero-order valence-electron chi connectivity index (χ0n) is 9.77. The largest absolute Gasteiger partial charge is 0.483 e. The van der Waals surface area contributed by atoms with Gasteiger partial charge in [-0.25, -0.2) is 8.78 Å². The Bertz CT molecular complexity index is 514. The average Bonchev–Trinajstić information content (AvgIpc) is 2.83. The highest BCUT2D eigenvalue weighted by Crippen LogP contribution is 2.28. The number of ether oxygens (including phenoxy) is 1. The Morgan fingerprint density at radius 2 is 2.00 bits per heavy atom. The molecule has 2 rings (SSSR count). The SMILES string of the molecule is CC(N)C(Oc1ccc(F)c(F)c1)c1cccs1. The molecule has 0 aliphatic carbocycles. The van der Waals surface area contributed by atoms with E-state index in [1.807, 2.05) is 24.4 Å². The number of thiophene rings is 1. The smallest absolute Gasteiger partial charge is 0.162 e. The zero-order chi connectivity index (χ0) is 13.1. The van der Waals surface area contributed by atoms with E-state index >= 15 is 0 Å². The van der Waals surface area contributed by atoms with Gasteiger partial charge in [-0.15, -0.1) is 11.3 Å². The van der Waals surface area contributed by atoms with Crippen LogP contribution in [0, 0.1) is 11.6 Å². The Morgan fingerprint density at radius 1 is 1.22 bits per heavy atom. The third-order valence-electron chi connectivity index (χ3n) is 2.46. The molecule has 1 heterocycles. The highest BCUT2D eigenvalue weighted by molar-refractivity contribution is 7.10. The number of nitrogens with two attached hydrogens (primary N) is 1. The Morgan fingerprint density at radius 3 is 2.56 bits per heavy atom. The molecule has 0 fully saturated rings. The minimum absolute atomic E-state index is 0.253. The summed E-state index contributed by atoms with van der Waals surface area (Å²) in [7, 11) is 0. The molecule has 0 radical (unpaired) electrons. The van der Waals surface area contributed by atoms with Gasteiger partial charge in [-0.1, -0.05) is 6.07 Å². The molecule has 1 aromatic heterocycles. The summed E-state index contributed by atoms with van der Waals surface area (Å²) >= 11 is 1.51. The summed E-state index contributed by atoms with van der Waals surface area (Å²) in [4.78, 5) is 0.953. The summed E-state index contributed by atoms with van der Waals surface area (Å²) in [6, 6.07) is 7.00. The van der Waals surface area contributed by atoms with E-state index in [2.05, 4.69) is 0 Å². The summed E-state index contributed by atoms with van der Waals surface area (Å²) in [5.74, 6) is -1.55. The fourth-order valence-electron chi connectivity index (χ4n) is 1.57. The third-order valence-corrected chi connectivity index (χ3v) is 3.39.